The SMILES string of the molecule is [CH3][GeH]([CH3])[c-]1cccc1.[Fe+2].c1cc[cH-]c1. The van der Waals surface area contributed by atoms with E-state index in [0.717, 1.165) is 0 Å². The van der Waals surface area contributed by atoms with Crippen LogP contribution in [0.4, 0.5) is 0 Å². The van der Waals surface area contributed by atoms with Crippen molar-refractivity contribution in [2.45, 2.75) is 11.5 Å². The second kappa shape index (κ2) is 8.10. The molecule has 0 heterocycles. The largest absolute Gasteiger partial charge is 2.00 e. The van der Waals surface area contributed by atoms with Crippen molar-refractivity contribution >= 4 is 18.7 Å². The molecule has 2 aromatic rings. The van der Waals surface area contributed by atoms with Crippen molar-refractivity contribution in [3.05, 3.63) is 54.6 Å². The Bertz CT molecular complexity index is 265. The number of hydrogen-bond donors (Lipinski definition) is 0. The molecular formula is C12H16FeGe. The molecule has 0 amide bonds. The summed E-state index contributed by atoms with van der Waals surface area (Å²) < 4.78 is 1.62. The van der Waals surface area contributed by atoms with E-state index in [9.17, 15) is 0 Å². The van der Waals surface area contributed by atoms with Crippen LogP contribution in [0.15, 0.2) is 54.6 Å². The molecule has 0 aliphatic heterocycles. The van der Waals surface area contributed by atoms with Crippen LogP contribution in [0.2, 0.25) is 11.5 Å². The predicted molar refractivity (Wildman–Crippen MR) is 62.6 cm³/mol. The average Bonchev–Trinajstić information content (AvgIpc) is 2.82. The summed E-state index contributed by atoms with van der Waals surface area (Å²) in [6, 6.07) is 18.7. The van der Waals surface area contributed by atoms with E-state index in [-0.39, 0.29) is 17.1 Å². The van der Waals surface area contributed by atoms with E-state index in [1.165, 1.54) is 0 Å². The Labute approximate surface area is 102 Å². The van der Waals surface area contributed by atoms with Gasteiger partial charge in [0, 0.05) is 0 Å². The summed E-state index contributed by atoms with van der Waals surface area (Å²) in [5.41, 5.74) is 0. The van der Waals surface area contributed by atoms with Gasteiger partial charge in [0.05, 0.1) is 0 Å². The Morgan fingerprint density at radius 2 is 1.43 bits per heavy atom. The number of hydrogen-bond acceptors (Lipinski definition) is 0. The van der Waals surface area contributed by atoms with Crippen molar-refractivity contribution in [3.8, 4) is 0 Å². The first-order chi connectivity index (χ1) is 6.30. The molecule has 0 fully saturated rings. The standard InChI is InChI=1S/C7H11Ge.C5H5.Fe/c1-8(2)7-5-3-4-6-7;1-2-4-5-3-1;/h3-6,8H,1-2H3;1-5H;/q2*-1;+2. The molecule has 76 valence electrons. The van der Waals surface area contributed by atoms with Gasteiger partial charge in [-0.2, -0.15) is 18.2 Å². The monoisotopic (exact) mass is 290 g/mol. The third-order valence-electron chi connectivity index (χ3n) is 1.91. The fourth-order valence-corrected chi connectivity index (χ4v) is 3.18. The van der Waals surface area contributed by atoms with Crippen molar-refractivity contribution < 1.29 is 17.1 Å². The molecule has 0 nitrogen and oxygen atoms in total. The second-order valence-corrected chi connectivity index (χ2v) is 9.58. The predicted octanol–water partition coefficient (Wildman–Crippen LogP) is 2.50. The van der Waals surface area contributed by atoms with Crippen LogP contribution in [0.25, 0.3) is 0 Å². The first-order valence-electron chi connectivity index (χ1n) is 4.69. The molecule has 2 aromatic carbocycles. The Kier molecular flexibility index (Phi) is 7.96. The molecule has 0 bridgehead atoms. The zero-order chi connectivity index (χ0) is 9.52. The molecule has 0 saturated carbocycles. The molecule has 0 aliphatic carbocycles. The fraction of sp³-hybridized carbons (Fsp3) is 0.167. The Morgan fingerprint density at radius 3 is 1.64 bits per heavy atom. The van der Waals surface area contributed by atoms with Crippen molar-refractivity contribution in [1.29, 1.82) is 0 Å². The molecule has 2 rings (SSSR count). The van der Waals surface area contributed by atoms with Crippen LogP contribution in [0, 0.1) is 0 Å². The molecule has 14 heavy (non-hydrogen) atoms. The van der Waals surface area contributed by atoms with Crippen LogP contribution in [0.3, 0.4) is 0 Å². The van der Waals surface area contributed by atoms with Crippen LogP contribution in [0.1, 0.15) is 0 Å². The van der Waals surface area contributed by atoms with Gasteiger partial charge in [-0.05, 0) is 0 Å². The number of rotatable bonds is 1. The fourth-order valence-electron chi connectivity index (χ4n) is 1.09. The first-order valence-corrected chi connectivity index (χ1v) is 10.7. The molecule has 0 atom stereocenters. The summed E-state index contributed by atoms with van der Waals surface area (Å²) in [6.45, 7) is 0. The zero-order valence-electron chi connectivity index (χ0n) is 8.63. The average molecular weight is 289 g/mol. The summed E-state index contributed by atoms with van der Waals surface area (Å²) >= 11 is -0.888. The van der Waals surface area contributed by atoms with E-state index < -0.39 is 14.3 Å². The van der Waals surface area contributed by atoms with Crippen molar-refractivity contribution in [2.75, 3.05) is 0 Å². The van der Waals surface area contributed by atoms with Crippen LogP contribution >= 0.6 is 0 Å². The smallest absolute Gasteiger partial charge is 0.214 e. The minimum atomic E-state index is -0.888. The van der Waals surface area contributed by atoms with Gasteiger partial charge in [0.25, 0.3) is 0 Å². The molecule has 0 unspecified atom stereocenters. The van der Waals surface area contributed by atoms with Gasteiger partial charge in [-0.1, -0.05) is 0 Å². The Morgan fingerprint density at radius 1 is 0.929 bits per heavy atom. The van der Waals surface area contributed by atoms with E-state index >= 15 is 0 Å². The maximum Gasteiger partial charge on any atom is 2.00 e. The van der Waals surface area contributed by atoms with E-state index in [0.29, 0.717) is 0 Å². The maximum atomic E-state index is 2.39. The molecule has 0 spiro atoms. The van der Waals surface area contributed by atoms with Gasteiger partial charge < -0.3 is 0 Å². The second-order valence-electron chi connectivity index (χ2n) is 3.34. The summed E-state index contributed by atoms with van der Waals surface area (Å²) in [7, 11) is 0. The summed E-state index contributed by atoms with van der Waals surface area (Å²) in [5, 5.41) is 0. The van der Waals surface area contributed by atoms with Gasteiger partial charge >= 0.3 is 71.6 Å². The summed E-state index contributed by atoms with van der Waals surface area (Å²) in [5.74, 6) is 4.78. The van der Waals surface area contributed by atoms with Gasteiger partial charge in [-0.25, -0.2) is 12.1 Å². The van der Waals surface area contributed by atoms with Gasteiger partial charge in [-0.3, -0.25) is 0 Å². The van der Waals surface area contributed by atoms with Gasteiger partial charge in [0.1, 0.15) is 0 Å². The molecule has 0 N–H and O–H groups in total. The minimum absolute atomic E-state index is 0. The normalized spacial score (nSPS) is 8.79. The third kappa shape index (κ3) is 5.48. The van der Waals surface area contributed by atoms with E-state index in [4.69, 9.17) is 0 Å². The van der Waals surface area contributed by atoms with Crippen LogP contribution < -0.4 is 4.40 Å². The molecular weight excluding hydrogens is 273 g/mol. The van der Waals surface area contributed by atoms with Crippen molar-refractivity contribution in [3.63, 3.8) is 0 Å². The topological polar surface area (TPSA) is 0 Å². The molecule has 0 aliphatic rings. The van der Waals surface area contributed by atoms with E-state index in [1.54, 1.807) is 4.40 Å². The summed E-state index contributed by atoms with van der Waals surface area (Å²) in [6.07, 6.45) is 0. The minimum Gasteiger partial charge on any atom is -0.214 e. The van der Waals surface area contributed by atoms with E-state index in [1.807, 2.05) is 30.3 Å². The van der Waals surface area contributed by atoms with Gasteiger partial charge in [-0.15, -0.1) is 0 Å². The zero-order valence-corrected chi connectivity index (χ0v) is 12.2. The molecule has 2 heteroatoms. The quantitative estimate of drug-likeness (QED) is 0.559. The van der Waals surface area contributed by atoms with Crippen LogP contribution in [0.5, 0.6) is 0 Å². The van der Waals surface area contributed by atoms with E-state index in [2.05, 4.69) is 35.8 Å². The van der Waals surface area contributed by atoms with Crippen molar-refractivity contribution in [2.24, 2.45) is 0 Å². The van der Waals surface area contributed by atoms with Gasteiger partial charge in [0.15, 0.2) is 0 Å². The molecule has 0 saturated heterocycles. The molecule has 0 radical (unpaired) electrons. The van der Waals surface area contributed by atoms with Crippen LogP contribution in [-0.2, 0) is 17.1 Å². The first kappa shape index (κ1) is 13.8. The van der Waals surface area contributed by atoms with Gasteiger partial charge in [0.2, 0.25) is 0 Å². The Hall–Kier alpha value is -0.238. The third-order valence-corrected chi connectivity index (χ3v) is 5.52. The summed E-state index contributed by atoms with van der Waals surface area (Å²) in [4.78, 5) is 0. The maximum absolute atomic E-state index is 2.39. The Balaban J connectivity index is 0.000000246. The van der Waals surface area contributed by atoms with Crippen molar-refractivity contribution in [1.82, 2.24) is 0 Å². The van der Waals surface area contributed by atoms with Crippen LogP contribution in [-0.4, -0.2) is 14.3 Å². The molecule has 0 aromatic heterocycles.